The molecule has 3 nitrogen and oxygen atoms in total. The number of hydrogen-bond acceptors (Lipinski definition) is 3. The zero-order valence-electron chi connectivity index (χ0n) is 11.6. The van der Waals surface area contributed by atoms with Crippen LogP contribution in [0.25, 0.3) is 11.0 Å². The Balaban J connectivity index is 1.87. The van der Waals surface area contributed by atoms with Gasteiger partial charge in [0.1, 0.15) is 5.82 Å². The highest BCUT2D eigenvalue weighted by atomic mass is 19.1. The average molecular weight is 282 g/mol. The van der Waals surface area contributed by atoms with Gasteiger partial charge in [0.15, 0.2) is 0 Å². The second kappa shape index (κ2) is 5.58. The molecule has 1 aromatic heterocycles. The summed E-state index contributed by atoms with van der Waals surface area (Å²) in [6.45, 7) is 1.84. The van der Waals surface area contributed by atoms with E-state index in [1.54, 1.807) is 18.5 Å². The molecule has 0 aliphatic rings. The van der Waals surface area contributed by atoms with Crippen molar-refractivity contribution in [2.45, 2.75) is 19.4 Å². The summed E-state index contributed by atoms with van der Waals surface area (Å²) < 4.78 is 13.1. The van der Waals surface area contributed by atoms with E-state index >= 15 is 0 Å². The Kier molecular flexibility index (Phi) is 3.62. The molecular weight excluding hydrogens is 267 g/mol. The van der Waals surface area contributed by atoms with Crippen LogP contribution in [0, 0.1) is 12.7 Å². The first-order valence-corrected chi connectivity index (χ1v) is 6.77. The van der Waals surface area contributed by atoms with E-state index in [0.29, 0.717) is 6.42 Å². The molecule has 0 amide bonds. The number of rotatable bonds is 3. The van der Waals surface area contributed by atoms with E-state index in [0.717, 1.165) is 27.7 Å². The van der Waals surface area contributed by atoms with Gasteiger partial charge in [-0.1, -0.05) is 12.1 Å². The van der Waals surface area contributed by atoms with Crippen LogP contribution < -0.4 is 0 Å². The summed E-state index contributed by atoms with van der Waals surface area (Å²) in [4.78, 5) is 8.44. The van der Waals surface area contributed by atoms with Crippen LogP contribution in [0.2, 0.25) is 0 Å². The summed E-state index contributed by atoms with van der Waals surface area (Å²) in [5, 5.41) is 10.4. The Hall–Kier alpha value is -2.33. The molecule has 0 saturated carbocycles. The summed E-state index contributed by atoms with van der Waals surface area (Å²) in [5.74, 6) is -0.258. The van der Waals surface area contributed by atoms with E-state index in [4.69, 9.17) is 0 Å². The van der Waals surface area contributed by atoms with Crippen LogP contribution in [0.1, 0.15) is 22.8 Å². The van der Waals surface area contributed by atoms with Gasteiger partial charge in [0.2, 0.25) is 0 Å². The largest absolute Gasteiger partial charge is 0.388 e. The van der Waals surface area contributed by atoms with E-state index in [1.807, 2.05) is 25.1 Å². The minimum Gasteiger partial charge on any atom is -0.388 e. The third-order valence-electron chi connectivity index (χ3n) is 3.60. The monoisotopic (exact) mass is 282 g/mol. The fourth-order valence-corrected chi connectivity index (χ4v) is 2.40. The number of fused-ring (bicyclic) bond motifs is 1. The summed E-state index contributed by atoms with van der Waals surface area (Å²) in [5.41, 5.74) is 4.11. The van der Waals surface area contributed by atoms with Crippen molar-refractivity contribution in [1.29, 1.82) is 0 Å². The van der Waals surface area contributed by atoms with Gasteiger partial charge in [0, 0.05) is 18.8 Å². The summed E-state index contributed by atoms with van der Waals surface area (Å²) in [7, 11) is 0. The van der Waals surface area contributed by atoms with Gasteiger partial charge in [-0.15, -0.1) is 0 Å². The predicted molar refractivity (Wildman–Crippen MR) is 79.3 cm³/mol. The Bertz CT molecular complexity index is 789. The molecule has 21 heavy (non-hydrogen) atoms. The van der Waals surface area contributed by atoms with Gasteiger partial charge in [-0.2, -0.15) is 0 Å². The Morgan fingerprint density at radius 1 is 1.05 bits per heavy atom. The molecule has 4 heteroatoms. The smallest absolute Gasteiger partial charge is 0.123 e. The quantitative estimate of drug-likeness (QED) is 0.801. The fourth-order valence-electron chi connectivity index (χ4n) is 2.40. The highest BCUT2D eigenvalue weighted by Crippen LogP contribution is 2.23. The maximum atomic E-state index is 13.1. The normalized spacial score (nSPS) is 12.5. The average Bonchev–Trinajstić information content (AvgIpc) is 2.49. The van der Waals surface area contributed by atoms with Crippen molar-refractivity contribution in [2.24, 2.45) is 0 Å². The molecule has 2 aromatic carbocycles. The number of aliphatic hydroxyl groups excluding tert-OH is 1. The number of aromatic nitrogens is 2. The third kappa shape index (κ3) is 2.90. The van der Waals surface area contributed by atoms with Crippen molar-refractivity contribution in [1.82, 2.24) is 9.97 Å². The van der Waals surface area contributed by atoms with Gasteiger partial charge >= 0.3 is 0 Å². The fraction of sp³-hybridized carbons (Fsp3) is 0.176. The molecule has 0 bridgehead atoms. The van der Waals surface area contributed by atoms with Gasteiger partial charge in [-0.05, 0) is 47.9 Å². The molecule has 0 aliphatic heterocycles. The maximum absolute atomic E-state index is 13.1. The topological polar surface area (TPSA) is 46.0 Å². The predicted octanol–water partition coefficient (Wildman–Crippen LogP) is 3.35. The highest BCUT2D eigenvalue weighted by molar-refractivity contribution is 5.74. The molecule has 0 aliphatic carbocycles. The molecule has 1 N–H and O–H groups in total. The molecule has 0 spiro atoms. The standard InChI is InChI=1S/C17H15FN2O/c1-11-8-14(18)4-2-12(11)10-17(21)13-3-5-15-16(9-13)20-7-6-19-15/h2-9,17,21H,10H2,1H3. The Labute approximate surface area is 122 Å². The van der Waals surface area contributed by atoms with Crippen LogP contribution in [0.15, 0.2) is 48.8 Å². The van der Waals surface area contributed by atoms with E-state index in [1.165, 1.54) is 12.1 Å². The second-order valence-corrected chi connectivity index (χ2v) is 5.10. The van der Waals surface area contributed by atoms with Crippen molar-refractivity contribution < 1.29 is 9.50 Å². The lowest BCUT2D eigenvalue weighted by Gasteiger charge is -2.13. The highest BCUT2D eigenvalue weighted by Gasteiger charge is 2.11. The lowest BCUT2D eigenvalue weighted by molar-refractivity contribution is 0.178. The minimum absolute atomic E-state index is 0.258. The first-order chi connectivity index (χ1) is 10.1. The Morgan fingerprint density at radius 2 is 1.81 bits per heavy atom. The lowest BCUT2D eigenvalue weighted by Crippen LogP contribution is -2.04. The van der Waals surface area contributed by atoms with Gasteiger partial charge < -0.3 is 5.11 Å². The molecular formula is C17H15FN2O. The second-order valence-electron chi connectivity index (χ2n) is 5.10. The van der Waals surface area contributed by atoms with Crippen LogP contribution in [0.3, 0.4) is 0 Å². The molecule has 0 radical (unpaired) electrons. The van der Waals surface area contributed by atoms with Crippen LogP contribution in [0.4, 0.5) is 4.39 Å². The van der Waals surface area contributed by atoms with E-state index < -0.39 is 6.10 Å². The number of aliphatic hydroxyl groups is 1. The maximum Gasteiger partial charge on any atom is 0.123 e. The van der Waals surface area contributed by atoms with Gasteiger partial charge in [-0.3, -0.25) is 9.97 Å². The zero-order chi connectivity index (χ0) is 14.8. The summed E-state index contributed by atoms with van der Waals surface area (Å²) >= 11 is 0. The van der Waals surface area contributed by atoms with Crippen LogP contribution in [0.5, 0.6) is 0 Å². The SMILES string of the molecule is Cc1cc(F)ccc1CC(O)c1ccc2nccnc2c1. The van der Waals surface area contributed by atoms with Gasteiger partial charge in [0.05, 0.1) is 17.1 Å². The van der Waals surface area contributed by atoms with Gasteiger partial charge in [-0.25, -0.2) is 4.39 Å². The molecule has 106 valence electrons. The minimum atomic E-state index is -0.652. The van der Waals surface area contributed by atoms with Crippen molar-refractivity contribution in [3.63, 3.8) is 0 Å². The van der Waals surface area contributed by atoms with Gasteiger partial charge in [0.25, 0.3) is 0 Å². The Morgan fingerprint density at radius 3 is 2.57 bits per heavy atom. The number of benzene rings is 2. The summed E-state index contributed by atoms with van der Waals surface area (Å²) in [6, 6.07) is 10.1. The first-order valence-electron chi connectivity index (χ1n) is 6.77. The molecule has 0 fully saturated rings. The van der Waals surface area contributed by atoms with E-state index in [9.17, 15) is 9.50 Å². The third-order valence-corrected chi connectivity index (χ3v) is 3.60. The molecule has 1 atom stereocenters. The number of nitrogens with zero attached hydrogens (tertiary/aromatic N) is 2. The van der Waals surface area contributed by atoms with Crippen LogP contribution in [-0.4, -0.2) is 15.1 Å². The molecule has 3 aromatic rings. The lowest BCUT2D eigenvalue weighted by atomic mass is 9.98. The number of hydrogen-bond donors (Lipinski definition) is 1. The number of halogens is 1. The molecule has 1 unspecified atom stereocenters. The number of aryl methyl sites for hydroxylation is 1. The van der Waals surface area contributed by atoms with E-state index in [-0.39, 0.29) is 5.82 Å². The van der Waals surface area contributed by atoms with E-state index in [2.05, 4.69) is 9.97 Å². The molecule has 1 heterocycles. The zero-order valence-corrected chi connectivity index (χ0v) is 11.6. The van der Waals surface area contributed by atoms with Crippen LogP contribution >= 0.6 is 0 Å². The summed E-state index contributed by atoms with van der Waals surface area (Å²) in [6.07, 6.45) is 3.06. The van der Waals surface area contributed by atoms with Crippen molar-refractivity contribution >= 4 is 11.0 Å². The van der Waals surface area contributed by atoms with Crippen LogP contribution in [-0.2, 0) is 6.42 Å². The first kappa shape index (κ1) is 13.6. The van der Waals surface area contributed by atoms with Crippen molar-refractivity contribution in [2.75, 3.05) is 0 Å². The molecule has 0 saturated heterocycles. The van der Waals surface area contributed by atoms with Crippen molar-refractivity contribution in [3.8, 4) is 0 Å². The molecule has 3 rings (SSSR count). The van der Waals surface area contributed by atoms with Crippen molar-refractivity contribution in [3.05, 3.63) is 71.3 Å².